The van der Waals surface area contributed by atoms with E-state index in [-0.39, 0.29) is 23.7 Å². The van der Waals surface area contributed by atoms with Gasteiger partial charge < -0.3 is 10.6 Å². The monoisotopic (exact) mass is 419 g/mol. The number of thiazole rings is 1. The standard InChI is InChI=1S/C21H29N3O2S2/c1-13(2)19(24-20(25)15-7-5-4-6-8-15)21(26)22-11-16-9-10-18(28-16)17-12-27-14(3)23-17/h9-10,12-13,15,19H,4-8,11H2,1-3H3,(H,22,26)(H,24,25). The second-order valence-electron chi connectivity index (χ2n) is 7.80. The average Bonchev–Trinajstić information content (AvgIpc) is 3.33. The maximum Gasteiger partial charge on any atom is 0.243 e. The van der Waals surface area contributed by atoms with Crippen LogP contribution in [0.5, 0.6) is 0 Å². The van der Waals surface area contributed by atoms with Crippen molar-refractivity contribution in [1.29, 1.82) is 0 Å². The van der Waals surface area contributed by atoms with Gasteiger partial charge in [0.15, 0.2) is 0 Å². The van der Waals surface area contributed by atoms with Crippen LogP contribution < -0.4 is 10.6 Å². The van der Waals surface area contributed by atoms with E-state index in [1.165, 1.54) is 6.42 Å². The van der Waals surface area contributed by atoms with E-state index in [1.807, 2.05) is 32.9 Å². The third kappa shape index (κ3) is 5.41. The first kappa shape index (κ1) is 21.0. The third-order valence-electron chi connectivity index (χ3n) is 5.19. The molecule has 5 nitrogen and oxygen atoms in total. The highest BCUT2D eigenvalue weighted by atomic mass is 32.1. The number of rotatable bonds is 7. The van der Waals surface area contributed by atoms with E-state index in [2.05, 4.69) is 21.0 Å². The molecule has 1 unspecified atom stereocenters. The average molecular weight is 420 g/mol. The molecule has 2 amide bonds. The zero-order valence-electron chi connectivity index (χ0n) is 16.8. The van der Waals surface area contributed by atoms with Crippen molar-refractivity contribution in [3.8, 4) is 10.6 Å². The van der Waals surface area contributed by atoms with Crippen LogP contribution in [0.15, 0.2) is 17.5 Å². The fraction of sp³-hybridized carbons (Fsp3) is 0.571. The minimum Gasteiger partial charge on any atom is -0.349 e. The molecule has 1 saturated carbocycles. The molecular weight excluding hydrogens is 390 g/mol. The van der Waals surface area contributed by atoms with E-state index in [4.69, 9.17) is 0 Å². The molecule has 1 aliphatic carbocycles. The molecule has 2 heterocycles. The SMILES string of the molecule is Cc1nc(-c2ccc(CNC(=O)C(NC(=O)C3CCCCC3)C(C)C)s2)cs1. The van der Waals surface area contributed by atoms with Crippen molar-refractivity contribution in [2.24, 2.45) is 11.8 Å². The number of hydrogen-bond acceptors (Lipinski definition) is 5. The Bertz CT molecular complexity index is 806. The van der Waals surface area contributed by atoms with Gasteiger partial charge >= 0.3 is 0 Å². The van der Waals surface area contributed by atoms with Gasteiger partial charge in [0, 0.05) is 16.2 Å². The molecule has 7 heteroatoms. The van der Waals surface area contributed by atoms with Crippen molar-refractivity contribution in [3.63, 3.8) is 0 Å². The summed E-state index contributed by atoms with van der Waals surface area (Å²) in [6.45, 7) is 6.41. The zero-order valence-corrected chi connectivity index (χ0v) is 18.4. The normalized spacial score (nSPS) is 16.1. The van der Waals surface area contributed by atoms with Crippen LogP contribution in [0.25, 0.3) is 10.6 Å². The molecule has 0 aliphatic heterocycles. The van der Waals surface area contributed by atoms with Gasteiger partial charge in [0.05, 0.1) is 22.1 Å². The van der Waals surface area contributed by atoms with Crippen molar-refractivity contribution in [3.05, 3.63) is 27.4 Å². The minimum atomic E-state index is -0.491. The number of nitrogens with one attached hydrogen (secondary N) is 2. The van der Waals surface area contributed by atoms with Crippen LogP contribution >= 0.6 is 22.7 Å². The quantitative estimate of drug-likeness (QED) is 0.693. The molecule has 28 heavy (non-hydrogen) atoms. The number of hydrogen-bond donors (Lipinski definition) is 2. The number of aromatic nitrogens is 1. The van der Waals surface area contributed by atoms with Gasteiger partial charge in [-0.2, -0.15) is 0 Å². The van der Waals surface area contributed by atoms with Crippen LogP contribution in [0.2, 0.25) is 0 Å². The Balaban J connectivity index is 1.55. The maximum absolute atomic E-state index is 12.7. The van der Waals surface area contributed by atoms with Gasteiger partial charge in [0.2, 0.25) is 11.8 Å². The summed E-state index contributed by atoms with van der Waals surface area (Å²) in [5.74, 6) is 0.0260. The highest BCUT2D eigenvalue weighted by Gasteiger charge is 2.28. The first-order valence-electron chi connectivity index (χ1n) is 10.0. The molecule has 0 spiro atoms. The lowest BCUT2D eigenvalue weighted by Gasteiger charge is -2.26. The van der Waals surface area contributed by atoms with Crippen LogP contribution in [-0.2, 0) is 16.1 Å². The van der Waals surface area contributed by atoms with E-state index in [1.54, 1.807) is 22.7 Å². The van der Waals surface area contributed by atoms with Gasteiger partial charge in [-0.15, -0.1) is 22.7 Å². The number of carbonyl (C=O) groups excluding carboxylic acids is 2. The molecule has 1 atom stereocenters. The molecule has 1 aliphatic rings. The lowest BCUT2D eigenvalue weighted by Crippen LogP contribution is -2.51. The molecular formula is C21H29N3O2S2. The van der Waals surface area contributed by atoms with Crippen molar-refractivity contribution < 1.29 is 9.59 Å². The molecule has 0 radical (unpaired) electrons. The lowest BCUT2D eigenvalue weighted by molar-refractivity contribution is -0.132. The number of thiophene rings is 1. The molecule has 3 rings (SSSR count). The van der Waals surface area contributed by atoms with Crippen molar-refractivity contribution in [2.75, 3.05) is 0 Å². The number of nitrogens with zero attached hydrogens (tertiary/aromatic N) is 1. The van der Waals surface area contributed by atoms with Crippen LogP contribution in [-0.4, -0.2) is 22.8 Å². The summed E-state index contributed by atoms with van der Waals surface area (Å²) in [6, 6.07) is 3.58. The Labute approximate surface area is 175 Å². The van der Waals surface area contributed by atoms with Gasteiger partial charge in [-0.05, 0) is 37.8 Å². The Morgan fingerprint density at radius 2 is 1.96 bits per heavy atom. The third-order valence-corrected chi connectivity index (χ3v) is 7.07. The topological polar surface area (TPSA) is 71.1 Å². The first-order chi connectivity index (χ1) is 13.4. The molecule has 1 fully saturated rings. The minimum absolute atomic E-state index is 0.0332. The fourth-order valence-corrected chi connectivity index (χ4v) is 5.14. The number of aryl methyl sites for hydroxylation is 1. The molecule has 2 aromatic rings. The van der Waals surface area contributed by atoms with Crippen LogP contribution in [0.3, 0.4) is 0 Å². The molecule has 0 bridgehead atoms. The van der Waals surface area contributed by atoms with Crippen molar-refractivity contribution in [1.82, 2.24) is 15.6 Å². The Kier molecular flexibility index (Phi) is 7.24. The summed E-state index contributed by atoms with van der Waals surface area (Å²) in [7, 11) is 0. The van der Waals surface area contributed by atoms with E-state index < -0.39 is 6.04 Å². The maximum atomic E-state index is 12.7. The van der Waals surface area contributed by atoms with Gasteiger partial charge in [-0.25, -0.2) is 4.98 Å². The largest absolute Gasteiger partial charge is 0.349 e. The van der Waals surface area contributed by atoms with E-state index in [9.17, 15) is 9.59 Å². The molecule has 2 N–H and O–H groups in total. The molecule has 0 aromatic carbocycles. The van der Waals surface area contributed by atoms with Crippen LogP contribution in [0, 0.1) is 18.8 Å². The summed E-state index contributed by atoms with van der Waals surface area (Å²) in [6.07, 6.45) is 5.30. The highest BCUT2D eigenvalue weighted by molar-refractivity contribution is 7.16. The second kappa shape index (κ2) is 9.65. The van der Waals surface area contributed by atoms with E-state index in [0.717, 1.165) is 46.1 Å². The Morgan fingerprint density at radius 1 is 1.21 bits per heavy atom. The van der Waals surface area contributed by atoms with Gasteiger partial charge in [-0.1, -0.05) is 33.1 Å². The molecule has 0 saturated heterocycles. The highest BCUT2D eigenvalue weighted by Crippen LogP contribution is 2.29. The van der Waals surface area contributed by atoms with Gasteiger partial charge in [0.1, 0.15) is 6.04 Å². The summed E-state index contributed by atoms with van der Waals surface area (Å²) in [5, 5.41) is 9.10. The number of carbonyl (C=O) groups is 2. The zero-order chi connectivity index (χ0) is 20.1. The van der Waals surface area contributed by atoms with Gasteiger partial charge in [-0.3, -0.25) is 9.59 Å². The molecule has 2 aromatic heterocycles. The van der Waals surface area contributed by atoms with E-state index >= 15 is 0 Å². The second-order valence-corrected chi connectivity index (χ2v) is 10.0. The number of amides is 2. The Morgan fingerprint density at radius 3 is 2.61 bits per heavy atom. The smallest absolute Gasteiger partial charge is 0.243 e. The Hall–Kier alpha value is -1.73. The predicted octanol–water partition coefficient (Wildman–Crippen LogP) is 4.52. The van der Waals surface area contributed by atoms with Crippen molar-refractivity contribution in [2.45, 2.75) is 65.5 Å². The summed E-state index contributed by atoms with van der Waals surface area (Å²) >= 11 is 3.28. The summed E-state index contributed by atoms with van der Waals surface area (Å²) < 4.78 is 0. The summed E-state index contributed by atoms with van der Waals surface area (Å²) in [4.78, 5) is 32.0. The predicted molar refractivity (Wildman–Crippen MR) is 115 cm³/mol. The van der Waals surface area contributed by atoms with Gasteiger partial charge in [0.25, 0.3) is 0 Å². The van der Waals surface area contributed by atoms with E-state index in [0.29, 0.717) is 6.54 Å². The molecule has 152 valence electrons. The fourth-order valence-electron chi connectivity index (χ4n) is 3.54. The first-order valence-corrected chi connectivity index (χ1v) is 11.7. The van der Waals surface area contributed by atoms with Crippen LogP contribution in [0.4, 0.5) is 0 Å². The van der Waals surface area contributed by atoms with Crippen molar-refractivity contribution >= 4 is 34.5 Å². The van der Waals surface area contributed by atoms with Crippen LogP contribution in [0.1, 0.15) is 55.8 Å². The lowest BCUT2D eigenvalue weighted by atomic mass is 9.88. The summed E-state index contributed by atoms with van der Waals surface area (Å²) in [5.41, 5.74) is 0.991.